The van der Waals surface area contributed by atoms with E-state index >= 15 is 0 Å². The van der Waals surface area contributed by atoms with Crippen LogP contribution >= 0.6 is 11.6 Å². The molecule has 1 heterocycles. The van der Waals surface area contributed by atoms with Crippen LogP contribution in [-0.2, 0) is 10.0 Å². The molecule has 0 spiro atoms. The third-order valence-electron chi connectivity index (χ3n) is 4.62. The summed E-state index contributed by atoms with van der Waals surface area (Å²) >= 11 is 5.78. The Labute approximate surface area is 168 Å². The van der Waals surface area contributed by atoms with Crippen LogP contribution in [0.2, 0.25) is 5.02 Å². The monoisotopic (exact) mass is 425 g/mol. The minimum Gasteiger partial charge on any atom is -0.371 e. The molecule has 0 aromatic heterocycles. The van der Waals surface area contributed by atoms with E-state index in [-0.39, 0.29) is 15.5 Å². The highest BCUT2D eigenvalue weighted by atomic mass is 35.5. The molecule has 9 heteroatoms. The lowest BCUT2D eigenvalue weighted by molar-refractivity contribution is 0.102. The van der Waals surface area contributed by atoms with Crippen molar-refractivity contribution in [1.29, 1.82) is 0 Å². The van der Waals surface area contributed by atoms with Crippen LogP contribution in [0.5, 0.6) is 0 Å². The molecule has 2 aromatic rings. The molecular weight excluding hydrogens is 405 g/mol. The maximum absolute atomic E-state index is 13.4. The molecule has 0 saturated carbocycles. The second-order valence-corrected chi connectivity index (χ2v) is 9.30. The first-order chi connectivity index (χ1) is 13.2. The van der Waals surface area contributed by atoms with Crippen molar-refractivity contribution in [3.8, 4) is 0 Å². The summed E-state index contributed by atoms with van der Waals surface area (Å²) in [4.78, 5) is 15.0. The zero-order chi connectivity index (χ0) is 20.5. The van der Waals surface area contributed by atoms with Gasteiger partial charge in [-0.1, -0.05) is 11.6 Å². The van der Waals surface area contributed by atoms with Gasteiger partial charge in [-0.15, -0.1) is 0 Å². The molecule has 0 unspecified atom stereocenters. The average Bonchev–Trinajstić information content (AvgIpc) is 3.18. The molecule has 150 valence electrons. The second-order valence-electron chi connectivity index (χ2n) is 6.74. The smallest absolute Gasteiger partial charge is 0.257 e. The Balaban J connectivity index is 2.01. The van der Waals surface area contributed by atoms with Crippen molar-refractivity contribution in [2.45, 2.75) is 17.7 Å². The standard InChI is InChI=1S/C19H21ClFN3O3S/c1-23(2)28(26,27)14-6-8-18(24-9-3-4-10-24)15(12-14)19(25)22-13-5-7-17(21)16(20)11-13/h5-8,11-12H,3-4,9-10H2,1-2H3,(H,22,25). The maximum Gasteiger partial charge on any atom is 0.257 e. The van der Waals surface area contributed by atoms with Gasteiger partial charge in [-0.05, 0) is 49.2 Å². The van der Waals surface area contributed by atoms with Gasteiger partial charge in [-0.2, -0.15) is 0 Å². The van der Waals surface area contributed by atoms with E-state index in [1.54, 1.807) is 6.07 Å². The van der Waals surface area contributed by atoms with Crippen molar-refractivity contribution in [3.05, 3.63) is 52.8 Å². The van der Waals surface area contributed by atoms with Crippen molar-refractivity contribution in [1.82, 2.24) is 4.31 Å². The van der Waals surface area contributed by atoms with Crippen LogP contribution in [-0.4, -0.2) is 45.8 Å². The van der Waals surface area contributed by atoms with E-state index in [2.05, 4.69) is 10.2 Å². The minimum absolute atomic E-state index is 0.0303. The fraction of sp³-hybridized carbons (Fsp3) is 0.316. The Kier molecular flexibility index (Phi) is 5.92. The quantitative estimate of drug-likeness (QED) is 0.794. The maximum atomic E-state index is 13.4. The first-order valence-corrected chi connectivity index (χ1v) is 10.6. The molecule has 6 nitrogen and oxygen atoms in total. The van der Waals surface area contributed by atoms with Crippen LogP contribution in [0, 0.1) is 5.82 Å². The van der Waals surface area contributed by atoms with E-state index in [1.807, 2.05) is 0 Å². The molecule has 28 heavy (non-hydrogen) atoms. The van der Waals surface area contributed by atoms with Gasteiger partial charge in [-0.3, -0.25) is 4.79 Å². The van der Waals surface area contributed by atoms with Crippen molar-refractivity contribution >= 4 is 38.9 Å². The number of nitrogens with zero attached hydrogens (tertiary/aromatic N) is 2. The van der Waals surface area contributed by atoms with Gasteiger partial charge in [0, 0.05) is 38.6 Å². The molecular formula is C19H21ClFN3O3S. The Morgan fingerprint density at radius 2 is 1.82 bits per heavy atom. The summed E-state index contributed by atoms with van der Waals surface area (Å²) in [5, 5.41) is 2.56. The average molecular weight is 426 g/mol. The number of hydrogen-bond acceptors (Lipinski definition) is 4. The molecule has 0 atom stereocenters. The summed E-state index contributed by atoms with van der Waals surface area (Å²) in [7, 11) is -0.825. The zero-order valence-electron chi connectivity index (χ0n) is 15.6. The summed E-state index contributed by atoms with van der Waals surface area (Å²) in [6, 6.07) is 8.41. The zero-order valence-corrected chi connectivity index (χ0v) is 17.1. The number of halogens is 2. The summed E-state index contributed by atoms with van der Waals surface area (Å²) in [6.45, 7) is 1.59. The Morgan fingerprint density at radius 3 is 2.43 bits per heavy atom. The third-order valence-corrected chi connectivity index (χ3v) is 6.72. The molecule has 2 aromatic carbocycles. The highest BCUT2D eigenvalue weighted by Crippen LogP contribution is 2.29. The van der Waals surface area contributed by atoms with Crippen molar-refractivity contribution in [3.63, 3.8) is 0 Å². The summed E-state index contributed by atoms with van der Waals surface area (Å²) in [5.74, 6) is -1.07. The number of nitrogens with one attached hydrogen (secondary N) is 1. The number of carbonyl (C=O) groups excluding carboxylic acids is 1. The molecule has 1 saturated heterocycles. The van der Waals surface area contributed by atoms with Gasteiger partial charge >= 0.3 is 0 Å². The molecule has 0 radical (unpaired) electrons. The summed E-state index contributed by atoms with van der Waals surface area (Å²) in [5.41, 5.74) is 1.23. The van der Waals surface area contributed by atoms with Crippen molar-refractivity contribution < 1.29 is 17.6 Å². The van der Waals surface area contributed by atoms with Gasteiger partial charge in [-0.25, -0.2) is 17.1 Å². The summed E-state index contributed by atoms with van der Waals surface area (Å²) in [6.07, 6.45) is 2.01. The number of carbonyl (C=O) groups is 1. The number of benzene rings is 2. The Bertz CT molecular complexity index is 1010. The van der Waals surface area contributed by atoms with Gasteiger partial charge in [0.15, 0.2) is 0 Å². The molecule has 1 aliphatic rings. The highest BCUT2D eigenvalue weighted by Gasteiger charge is 2.24. The van der Waals surface area contributed by atoms with Gasteiger partial charge in [0.05, 0.1) is 15.5 Å². The van der Waals surface area contributed by atoms with Crippen LogP contribution in [0.4, 0.5) is 15.8 Å². The number of amides is 1. The molecule has 1 aliphatic heterocycles. The number of hydrogen-bond donors (Lipinski definition) is 1. The number of anilines is 2. The van der Waals surface area contributed by atoms with Gasteiger partial charge < -0.3 is 10.2 Å². The van der Waals surface area contributed by atoms with E-state index in [0.717, 1.165) is 36.3 Å². The normalized spacial score (nSPS) is 14.5. The van der Waals surface area contributed by atoms with E-state index in [9.17, 15) is 17.6 Å². The van der Waals surface area contributed by atoms with Crippen LogP contribution < -0.4 is 10.2 Å². The molecule has 0 aliphatic carbocycles. The van der Waals surface area contributed by atoms with Crippen LogP contribution in [0.3, 0.4) is 0 Å². The van der Waals surface area contributed by atoms with Crippen LogP contribution in [0.25, 0.3) is 0 Å². The first-order valence-electron chi connectivity index (χ1n) is 8.78. The van der Waals surface area contributed by atoms with E-state index < -0.39 is 21.7 Å². The SMILES string of the molecule is CN(C)S(=O)(=O)c1ccc(N2CCCC2)c(C(=O)Nc2ccc(F)c(Cl)c2)c1. The fourth-order valence-electron chi connectivity index (χ4n) is 3.07. The number of rotatable bonds is 5. The van der Waals surface area contributed by atoms with Gasteiger partial charge in [0.25, 0.3) is 5.91 Å². The Morgan fingerprint density at radius 1 is 1.14 bits per heavy atom. The third kappa shape index (κ3) is 4.14. The van der Waals surface area contributed by atoms with E-state index in [0.29, 0.717) is 11.4 Å². The van der Waals surface area contributed by atoms with Gasteiger partial charge in [0.2, 0.25) is 10.0 Å². The minimum atomic E-state index is -3.69. The second kappa shape index (κ2) is 8.06. The fourth-order valence-corrected chi connectivity index (χ4v) is 4.18. The molecule has 1 amide bonds. The van der Waals surface area contributed by atoms with E-state index in [4.69, 9.17) is 11.6 Å². The molecule has 0 bridgehead atoms. The van der Waals surface area contributed by atoms with Crippen LogP contribution in [0.15, 0.2) is 41.3 Å². The molecule has 1 N–H and O–H groups in total. The largest absolute Gasteiger partial charge is 0.371 e. The Hall–Kier alpha value is -2.16. The molecule has 1 fully saturated rings. The van der Waals surface area contributed by atoms with Gasteiger partial charge in [0.1, 0.15) is 5.82 Å². The lowest BCUT2D eigenvalue weighted by Crippen LogP contribution is -2.25. The number of sulfonamides is 1. The molecule has 3 rings (SSSR count). The lowest BCUT2D eigenvalue weighted by Gasteiger charge is -2.22. The topological polar surface area (TPSA) is 69.7 Å². The lowest BCUT2D eigenvalue weighted by atomic mass is 10.1. The predicted octanol–water partition coefficient (Wildman–Crippen LogP) is 3.58. The van der Waals surface area contributed by atoms with Crippen molar-refractivity contribution in [2.75, 3.05) is 37.4 Å². The first kappa shape index (κ1) is 20.6. The predicted molar refractivity (Wildman–Crippen MR) is 108 cm³/mol. The highest BCUT2D eigenvalue weighted by molar-refractivity contribution is 7.89. The summed E-state index contributed by atoms with van der Waals surface area (Å²) < 4.78 is 39.5. The van der Waals surface area contributed by atoms with Crippen LogP contribution in [0.1, 0.15) is 23.2 Å². The van der Waals surface area contributed by atoms with E-state index in [1.165, 1.54) is 38.4 Å². The van der Waals surface area contributed by atoms with Crippen molar-refractivity contribution in [2.24, 2.45) is 0 Å².